The summed E-state index contributed by atoms with van der Waals surface area (Å²) >= 11 is 12.7. The molecule has 2 aliphatic heterocycles. The number of nitrogens with zero attached hydrogens (tertiary/aromatic N) is 3. The maximum absolute atomic E-state index is 14.0. The zero-order chi connectivity index (χ0) is 31.4. The van der Waals surface area contributed by atoms with Gasteiger partial charge in [0.15, 0.2) is 5.54 Å². The molecule has 0 aliphatic carbocycles. The number of rotatable bonds is 9. The molecule has 2 amide bonds. The highest BCUT2D eigenvalue weighted by molar-refractivity contribution is 6.42. The molecule has 0 saturated carbocycles. The SMILES string of the molecule is CN(C)C(=O)C1([N+]2(CCC(CN(C)C(=O)c3ccc(C(F)(F)F)cc3)c3ccc(Cl)c(Cl)c3)CCCCC2)CCNCC1. The van der Waals surface area contributed by atoms with Crippen LogP contribution >= 0.6 is 23.2 Å². The molecule has 6 nitrogen and oxygen atoms in total. The van der Waals surface area contributed by atoms with Crippen molar-refractivity contribution in [2.24, 2.45) is 0 Å². The molecular weight excluding hydrogens is 600 g/mol. The molecular formula is C32H42Cl2F3N4O2+. The normalized spacial score (nSPS) is 19.0. The summed E-state index contributed by atoms with van der Waals surface area (Å²) in [7, 11) is 5.35. The molecule has 2 aromatic carbocycles. The van der Waals surface area contributed by atoms with E-state index in [1.165, 1.54) is 12.1 Å². The second kappa shape index (κ2) is 13.8. The Morgan fingerprint density at radius 2 is 1.58 bits per heavy atom. The highest BCUT2D eigenvalue weighted by Gasteiger charge is 2.57. The Labute approximate surface area is 262 Å². The Balaban J connectivity index is 1.64. The second-order valence-corrected chi connectivity index (χ2v) is 13.1. The van der Waals surface area contributed by atoms with Gasteiger partial charge in [0.2, 0.25) is 0 Å². The molecule has 11 heteroatoms. The smallest absolute Gasteiger partial charge is 0.343 e. The van der Waals surface area contributed by atoms with Crippen molar-refractivity contribution in [3.8, 4) is 0 Å². The number of nitrogens with one attached hydrogen (secondary N) is 1. The number of carbonyl (C=O) groups is 2. The Morgan fingerprint density at radius 3 is 2.14 bits per heavy atom. The summed E-state index contributed by atoms with van der Waals surface area (Å²) in [5.41, 5.74) is -0.197. The van der Waals surface area contributed by atoms with E-state index < -0.39 is 17.3 Å². The summed E-state index contributed by atoms with van der Waals surface area (Å²) in [6, 6.07) is 9.80. The number of alkyl halides is 3. The first kappa shape index (κ1) is 33.6. The van der Waals surface area contributed by atoms with Crippen LogP contribution in [0.15, 0.2) is 42.5 Å². The molecule has 0 spiro atoms. The number of likely N-dealkylation sites (N-methyl/N-ethyl adjacent to an activating group) is 2. The molecule has 236 valence electrons. The van der Waals surface area contributed by atoms with Gasteiger partial charge in [0.1, 0.15) is 0 Å². The molecule has 0 radical (unpaired) electrons. The van der Waals surface area contributed by atoms with E-state index >= 15 is 0 Å². The second-order valence-electron chi connectivity index (χ2n) is 12.3. The quantitative estimate of drug-likeness (QED) is 0.319. The maximum Gasteiger partial charge on any atom is 0.416 e. The third kappa shape index (κ3) is 7.32. The van der Waals surface area contributed by atoms with Gasteiger partial charge in [0, 0.05) is 71.5 Å². The first-order chi connectivity index (χ1) is 20.3. The number of carbonyl (C=O) groups excluding carboxylic acids is 2. The lowest BCUT2D eigenvalue weighted by Crippen LogP contribution is -2.74. The summed E-state index contributed by atoms with van der Waals surface area (Å²) in [5.74, 6) is -0.321. The number of hydrogen-bond donors (Lipinski definition) is 1. The molecule has 43 heavy (non-hydrogen) atoms. The average molecular weight is 643 g/mol. The monoisotopic (exact) mass is 641 g/mol. The fraction of sp³-hybridized carbons (Fsp3) is 0.562. The predicted octanol–water partition coefficient (Wildman–Crippen LogP) is 6.47. The van der Waals surface area contributed by atoms with Gasteiger partial charge in [-0.1, -0.05) is 29.3 Å². The van der Waals surface area contributed by atoms with Gasteiger partial charge in [0.25, 0.3) is 11.8 Å². The van der Waals surface area contributed by atoms with Gasteiger partial charge in [-0.3, -0.25) is 9.59 Å². The Bertz CT molecular complexity index is 1270. The van der Waals surface area contributed by atoms with Gasteiger partial charge in [-0.2, -0.15) is 13.2 Å². The van der Waals surface area contributed by atoms with Gasteiger partial charge in [-0.05, 0) is 61.2 Å². The van der Waals surface area contributed by atoms with Crippen molar-refractivity contribution in [2.75, 3.05) is 60.4 Å². The summed E-state index contributed by atoms with van der Waals surface area (Å²) in [6.45, 7) is 4.52. The van der Waals surface area contributed by atoms with E-state index in [-0.39, 0.29) is 23.3 Å². The van der Waals surface area contributed by atoms with E-state index in [0.717, 1.165) is 87.0 Å². The number of quaternary nitrogens is 1. The van der Waals surface area contributed by atoms with Crippen LogP contribution in [0.1, 0.15) is 65.9 Å². The van der Waals surface area contributed by atoms with Crippen molar-refractivity contribution in [3.05, 3.63) is 69.2 Å². The van der Waals surface area contributed by atoms with Crippen LogP contribution in [0.4, 0.5) is 13.2 Å². The van der Waals surface area contributed by atoms with Crippen LogP contribution in [0.5, 0.6) is 0 Å². The lowest BCUT2D eigenvalue weighted by molar-refractivity contribution is -0.972. The van der Waals surface area contributed by atoms with Gasteiger partial charge in [-0.15, -0.1) is 0 Å². The van der Waals surface area contributed by atoms with E-state index in [2.05, 4.69) is 5.32 Å². The Morgan fingerprint density at radius 1 is 0.953 bits per heavy atom. The van der Waals surface area contributed by atoms with Gasteiger partial charge >= 0.3 is 6.18 Å². The van der Waals surface area contributed by atoms with E-state index in [1.54, 1.807) is 22.9 Å². The Hall–Kier alpha value is -2.33. The van der Waals surface area contributed by atoms with Crippen LogP contribution in [0.2, 0.25) is 10.0 Å². The van der Waals surface area contributed by atoms with Crippen LogP contribution in [-0.4, -0.2) is 92.0 Å². The fourth-order valence-electron chi connectivity index (χ4n) is 7.10. The number of hydrogen-bond acceptors (Lipinski definition) is 3. The number of amides is 2. The molecule has 1 atom stereocenters. The zero-order valence-electron chi connectivity index (χ0n) is 25.2. The lowest BCUT2D eigenvalue weighted by atomic mass is 9.79. The first-order valence-corrected chi connectivity index (χ1v) is 15.7. The van der Waals surface area contributed by atoms with Crippen LogP contribution in [0, 0.1) is 0 Å². The molecule has 1 unspecified atom stereocenters. The first-order valence-electron chi connectivity index (χ1n) is 15.0. The van der Waals surface area contributed by atoms with Crippen LogP contribution in [-0.2, 0) is 11.0 Å². The largest absolute Gasteiger partial charge is 0.416 e. The van der Waals surface area contributed by atoms with Crippen molar-refractivity contribution in [3.63, 3.8) is 0 Å². The summed E-state index contributed by atoms with van der Waals surface area (Å²) in [4.78, 5) is 30.6. The van der Waals surface area contributed by atoms with Gasteiger partial charge in [0.05, 0.1) is 35.2 Å². The highest BCUT2D eigenvalue weighted by Crippen LogP contribution is 2.41. The molecule has 2 saturated heterocycles. The van der Waals surface area contributed by atoms with E-state index in [1.807, 2.05) is 26.2 Å². The van der Waals surface area contributed by atoms with Crippen LogP contribution in [0.25, 0.3) is 0 Å². The topological polar surface area (TPSA) is 52.7 Å². The number of likely N-dealkylation sites (tertiary alicyclic amines) is 1. The minimum absolute atomic E-state index is 0.136. The van der Waals surface area contributed by atoms with Gasteiger partial charge in [-0.25, -0.2) is 0 Å². The van der Waals surface area contributed by atoms with Crippen molar-refractivity contribution >= 4 is 35.0 Å². The van der Waals surface area contributed by atoms with Gasteiger partial charge < -0.3 is 19.6 Å². The minimum atomic E-state index is -4.47. The number of benzene rings is 2. The van der Waals surface area contributed by atoms with Crippen LogP contribution in [0.3, 0.4) is 0 Å². The fourth-order valence-corrected chi connectivity index (χ4v) is 7.41. The summed E-state index contributed by atoms with van der Waals surface area (Å²) < 4.78 is 40.0. The van der Waals surface area contributed by atoms with Crippen molar-refractivity contribution in [2.45, 2.75) is 56.2 Å². The molecule has 2 fully saturated rings. The third-order valence-corrected chi connectivity index (χ3v) is 10.2. The number of piperidine rings is 2. The molecule has 0 bridgehead atoms. The van der Waals surface area contributed by atoms with E-state index in [0.29, 0.717) is 23.0 Å². The van der Waals surface area contributed by atoms with Crippen molar-refractivity contribution in [1.29, 1.82) is 0 Å². The molecule has 4 rings (SSSR count). The minimum Gasteiger partial charge on any atom is -0.343 e. The van der Waals surface area contributed by atoms with Crippen molar-refractivity contribution < 1.29 is 27.2 Å². The van der Waals surface area contributed by atoms with Crippen molar-refractivity contribution in [1.82, 2.24) is 15.1 Å². The Kier molecular flexibility index (Phi) is 10.7. The lowest BCUT2D eigenvalue weighted by Gasteiger charge is -2.56. The maximum atomic E-state index is 14.0. The summed E-state index contributed by atoms with van der Waals surface area (Å²) in [6.07, 6.45) is 1.02. The molecule has 1 N–H and O–H groups in total. The third-order valence-electron chi connectivity index (χ3n) is 9.44. The zero-order valence-corrected chi connectivity index (χ0v) is 26.7. The molecule has 0 aromatic heterocycles. The number of halogens is 5. The summed E-state index contributed by atoms with van der Waals surface area (Å²) in [5, 5.41) is 4.29. The standard InChI is InChI=1S/C32H42Cl2F3N4O2/c1-39(2)30(43)31(14-16-38-17-15-31)41(18-5-4-6-19-41)20-13-25(24-9-12-27(33)28(34)21-24)22-40(3)29(42)23-7-10-26(11-8-23)32(35,36)37/h7-12,21,25,38H,4-6,13-20,22H2,1-3H3/q+1. The van der Waals surface area contributed by atoms with E-state index in [9.17, 15) is 22.8 Å². The highest BCUT2D eigenvalue weighted by atomic mass is 35.5. The molecule has 2 aliphatic rings. The predicted molar refractivity (Wildman–Crippen MR) is 164 cm³/mol. The molecule has 2 aromatic rings. The molecule has 2 heterocycles. The average Bonchev–Trinajstić information content (AvgIpc) is 3.00. The van der Waals surface area contributed by atoms with Crippen LogP contribution < -0.4 is 5.32 Å². The van der Waals surface area contributed by atoms with E-state index in [4.69, 9.17) is 23.2 Å².